The van der Waals surface area contributed by atoms with E-state index in [0.717, 1.165) is 17.7 Å². The van der Waals surface area contributed by atoms with Gasteiger partial charge < -0.3 is 10.1 Å². The van der Waals surface area contributed by atoms with Crippen molar-refractivity contribution in [1.29, 1.82) is 0 Å². The van der Waals surface area contributed by atoms with Crippen molar-refractivity contribution in [2.24, 2.45) is 0 Å². The summed E-state index contributed by atoms with van der Waals surface area (Å²) in [5, 5.41) is 3.25. The molecule has 96 valence electrons. The highest BCUT2D eigenvalue weighted by molar-refractivity contribution is 6.30. The maximum Gasteiger partial charge on any atom is 0.256 e. The van der Waals surface area contributed by atoms with E-state index in [1.807, 2.05) is 12.1 Å². The zero-order chi connectivity index (χ0) is 13.2. The average Bonchev–Trinajstić information content (AvgIpc) is 2.85. The summed E-state index contributed by atoms with van der Waals surface area (Å²) in [6, 6.07) is 8.68. The summed E-state index contributed by atoms with van der Waals surface area (Å²) >= 11 is 5.84. The number of hydrogen-bond donors (Lipinski definition) is 1. The molecule has 1 aromatic heterocycles. The Morgan fingerprint density at radius 3 is 3.05 bits per heavy atom. The number of nitrogens with zero attached hydrogens (tertiary/aromatic N) is 1. The predicted octanol–water partition coefficient (Wildman–Crippen LogP) is 2.92. The van der Waals surface area contributed by atoms with E-state index < -0.39 is 0 Å². The molecule has 0 atom stereocenters. The summed E-state index contributed by atoms with van der Waals surface area (Å²) < 4.78 is 5.41. The Bertz CT molecular complexity index is 643. The maximum absolute atomic E-state index is 12.1. The summed E-state index contributed by atoms with van der Waals surface area (Å²) in [4.78, 5) is 16.1. The first-order chi connectivity index (χ1) is 9.22. The lowest BCUT2D eigenvalue weighted by Gasteiger charge is -2.06. The van der Waals surface area contributed by atoms with E-state index in [0.29, 0.717) is 23.0 Å². The van der Waals surface area contributed by atoms with E-state index in [2.05, 4.69) is 10.3 Å². The van der Waals surface area contributed by atoms with Crippen molar-refractivity contribution in [3.05, 3.63) is 52.7 Å². The Kier molecular flexibility index (Phi) is 3.09. The number of amides is 1. The van der Waals surface area contributed by atoms with Gasteiger partial charge in [0.1, 0.15) is 11.6 Å². The third-order valence-electron chi connectivity index (χ3n) is 2.92. The molecule has 3 rings (SSSR count). The molecule has 2 heterocycles. The van der Waals surface area contributed by atoms with Gasteiger partial charge in [0.05, 0.1) is 6.61 Å². The van der Waals surface area contributed by atoms with Gasteiger partial charge in [-0.3, -0.25) is 4.79 Å². The predicted molar refractivity (Wildman–Crippen MR) is 72.8 cm³/mol. The number of rotatable bonds is 2. The van der Waals surface area contributed by atoms with Gasteiger partial charge in [-0.2, -0.15) is 0 Å². The van der Waals surface area contributed by atoms with Crippen LogP contribution in [-0.4, -0.2) is 17.5 Å². The van der Waals surface area contributed by atoms with Gasteiger partial charge in [0.2, 0.25) is 0 Å². The van der Waals surface area contributed by atoms with Crippen LogP contribution in [0.1, 0.15) is 15.9 Å². The van der Waals surface area contributed by atoms with E-state index in [1.165, 1.54) is 0 Å². The van der Waals surface area contributed by atoms with Crippen LogP contribution in [0, 0.1) is 0 Å². The van der Waals surface area contributed by atoms with Gasteiger partial charge in [0.15, 0.2) is 0 Å². The van der Waals surface area contributed by atoms with Crippen LogP contribution < -0.4 is 10.1 Å². The molecule has 5 heteroatoms. The van der Waals surface area contributed by atoms with Gasteiger partial charge >= 0.3 is 0 Å². The van der Waals surface area contributed by atoms with E-state index in [-0.39, 0.29) is 5.91 Å². The minimum absolute atomic E-state index is 0.204. The Labute approximate surface area is 115 Å². The number of fused-ring (bicyclic) bond motifs is 1. The maximum atomic E-state index is 12.1. The molecule has 2 aromatic rings. The second-order valence-corrected chi connectivity index (χ2v) is 4.67. The Morgan fingerprint density at radius 1 is 1.32 bits per heavy atom. The standard InChI is InChI=1S/C14H11ClN2O2/c15-11-3-5-16-13(8-11)17-14(18)10-1-2-12-9(7-10)4-6-19-12/h1-3,5,7-8H,4,6H2,(H,16,17,18). The van der Waals surface area contributed by atoms with Gasteiger partial charge in [-0.05, 0) is 35.9 Å². The van der Waals surface area contributed by atoms with E-state index >= 15 is 0 Å². The third-order valence-corrected chi connectivity index (χ3v) is 3.15. The smallest absolute Gasteiger partial charge is 0.256 e. The Balaban J connectivity index is 1.81. The van der Waals surface area contributed by atoms with Crippen LogP contribution in [0.4, 0.5) is 5.82 Å². The summed E-state index contributed by atoms with van der Waals surface area (Å²) in [6.45, 7) is 0.677. The Morgan fingerprint density at radius 2 is 2.21 bits per heavy atom. The molecule has 1 aliphatic heterocycles. The summed E-state index contributed by atoms with van der Waals surface area (Å²) in [5.74, 6) is 1.09. The molecule has 0 saturated heterocycles. The zero-order valence-electron chi connectivity index (χ0n) is 10.0. The van der Waals surface area contributed by atoms with Crippen LogP contribution in [0.3, 0.4) is 0 Å². The lowest BCUT2D eigenvalue weighted by Crippen LogP contribution is -2.13. The summed E-state index contributed by atoms with van der Waals surface area (Å²) in [7, 11) is 0. The number of anilines is 1. The highest BCUT2D eigenvalue weighted by Gasteiger charge is 2.15. The van der Waals surface area contributed by atoms with Crippen LogP contribution in [0.2, 0.25) is 5.02 Å². The molecule has 0 spiro atoms. The third kappa shape index (κ3) is 2.53. The molecule has 1 N–H and O–H groups in total. The number of carbonyl (C=O) groups is 1. The number of carbonyl (C=O) groups excluding carboxylic acids is 1. The van der Waals surface area contributed by atoms with Gasteiger partial charge in [0.25, 0.3) is 5.91 Å². The number of benzene rings is 1. The largest absolute Gasteiger partial charge is 0.493 e. The highest BCUT2D eigenvalue weighted by Crippen LogP contribution is 2.26. The molecule has 0 unspecified atom stereocenters. The monoisotopic (exact) mass is 274 g/mol. The molecule has 0 saturated carbocycles. The molecule has 0 fully saturated rings. The van der Waals surface area contributed by atoms with Crippen molar-refractivity contribution in [3.63, 3.8) is 0 Å². The van der Waals surface area contributed by atoms with Crippen molar-refractivity contribution < 1.29 is 9.53 Å². The molecule has 4 nitrogen and oxygen atoms in total. The molecule has 1 aromatic carbocycles. The van der Waals surface area contributed by atoms with Gasteiger partial charge in [-0.1, -0.05) is 11.6 Å². The van der Waals surface area contributed by atoms with Crippen molar-refractivity contribution in [1.82, 2.24) is 4.98 Å². The molecule has 0 bridgehead atoms. The SMILES string of the molecule is O=C(Nc1cc(Cl)ccn1)c1ccc2c(c1)CCO2. The van der Waals surface area contributed by atoms with Crippen molar-refractivity contribution in [2.75, 3.05) is 11.9 Å². The summed E-state index contributed by atoms with van der Waals surface area (Å²) in [5.41, 5.74) is 1.65. The average molecular weight is 275 g/mol. The molecule has 1 aliphatic rings. The molecular formula is C14H11ClN2O2. The van der Waals surface area contributed by atoms with Crippen LogP contribution >= 0.6 is 11.6 Å². The van der Waals surface area contributed by atoms with Crippen LogP contribution in [-0.2, 0) is 6.42 Å². The van der Waals surface area contributed by atoms with Crippen molar-refractivity contribution in [2.45, 2.75) is 6.42 Å². The molecule has 0 radical (unpaired) electrons. The topological polar surface area (TPSA) is 51.2 Å². The van der Waals surface area contributed by atoms with E-state index in [9.17, 15) is 4.79 Å². The minimum Gasteiger partial charge on any atom is -0.493 e. The number of aromatic nitrogens is 1. The first-order valence-corrected chi connectivity index (χ1v) is 6.29. The molecule has 19 heavy (non-hydrogen) atoms. The van der Waals surface area contributed by atoms with E-state index in [4.69, 9.17) is 16.3 Å². The minimum atomic E-state index is -0.204. The summed E-state index contributed by atoms with van der Waals surface area (Å²) in [6.07, 6.45) is 2.39. The quantitative estimate of drug-likeness (QED) is 0.916. The van der Waals surface area contributed by atoms with E-state index in [1.54, 1.807) is 24.4 Å². The number of nitrogens with one attached hydrogen (secondary N) is 1. The number of halogens is 1. The fourth-order valence-electron chi connectivity index (χ4n) is 1.99. The fraction of sp³-hybridized carbons (Fsp3) is 0.143. The second-order valence-electron chi connectivity index (χ2n) is 4.23. The van der Waals surface area contributed by atoms with Crippen molar-refractivity contribution in [3.8, 4) is 5.75 Å². The van der Waals surface area contributed by atoms with Crippen LogP contribution in [0.5, 0.6) is 5.75 Å². The molecule has 0 aliphatic carbocycles. The zero-order valence-corrected chi connectivity index (χ0v) is 10.8. The van der Waals surface area contributed by atoms with Crippen LogP contribution in [0.15, 0.2) is 36.5 Å². The second kappa shape index (κ2) is 4.90. The van der Waals surface area contributed by atoms with Gasteiger partial charge in [-0.15, -0.1) is 0 Å². The Hall–Kier alpha value is -2.07. The van der Waals surface area contributed by atoms with Gasteiger partial charge in [0, 0.05) is 23.2 Å². The first kappa shape index (κ1) is 12.0. The first-order valence-electron chi connectivity index (χ1n) is 5.91. The normalized spacial score (nSPS) is 12.7. The lowest BCUT2D eigenvalue weighted by atomic mass is 10.1. The number of pyridine rings is 1. The van der Waals surface area contributed by atoms with Crippen LogP contribution in [0.25, 0.3) is 0 Å². The lowest BCUT2D eigenvalue weighted by molar-refractivity contribution is 0.102. The number of hydrogen-bond acceptors (Lipinski definition) is 3. The number of ether oxygens (including phenoxy) is 1. The molecule has 1 amide bonds. The highest BCUT2D eigenvalue weighted by atomic mass is 35.5. The fourth-order valence-corrected chi connectivity index (χ4v) is 2.15. The van der Waals surface area contributed by atoms with Gasteiger partial charge in [-0.25, -0.2) is 4.98 Å². The van der Waals surface area contributed by atoms with Crippen molar-refractivity contribution >= 4 is 23.3 Å². The molecular weight excluding hydrogens is 264 g/mol.